The summed E-state index contributed by atoms with van der Waals surface area (Å²) in [6.45, 7) is 4.93. The number of halogens is 1. The minimum absolute atomic E-state index is 0.00219. The van der Waals surface area contributed by atoms with Crippen LogP contribution in [-0.2, 0) is 26.2 Å². The molecule has 0 saturated heterocycles. The van der Waals surface area contributed by atoms with Crippen LogP contribution in [0.4, 0.5) is 5.69 Å². The Kier molecular flexibility index (Phi) is 9.40. The Balaban J connectivity index is 2.10. The molecule has 0 spiro atoms. The van der Waals surface area contributed by atoms with Crippen LogP contribution in [0, 0.1) is 13.8 Å². The molecule has 1 N–H and O–H groups in total. The average Bonchev–Trinajstić information content (AvgIpc) is 2.90. The van der Waals surface area contributed by atoms with Crippen molar-refractivity contribution in [2.45, 2.75) is 38.3 Å². The van der Waals surface area contributed by atoms with Crippen LogP contribution in [0.25, 0.3) is 0 Å². The van der Waals surface area contributed by atoms with E-state index in [1.54, 1.807) is 25.1 Å². The Morgan fingerprint density at radius 2 is 1.55 bits per heavy atom. The molecule has 10 heteroatoms. The third kappa shape index (κ3) is 6.65. The number of ether oxygens (including phenoxy) is 1. The summed E-state index contributed by atoms with van der Waals surface area (Å²) >= 11 is 6.24. The van der Waals surface area contributed by atoms with E-state index in [1.807, 2.05) is 38.1 Å². The van der Waals surface area contributed by atoms with Gasteiger partial charge >= 0.3 is 0 Å². The van der Waals surface area contributed by atoms with Gasteiger partial charge in [0.1, 0.15) is 18.3 Å². The van der Waals surface area contributed by atoms with E-state index >= 15 is 0 Å². The van der Waals surface area contributed by atoms with Crippen molar-refractivity contribution in [2.75, 3.05) is 25.0 Å². The molecule has 0 aliphatic carbocycles. The van der Waals surface area contributed by atoms with Gasteiger partial charge in [-0.3, -0.25) is 13.9 Å². The van der Waals surface area contributed by atoms with Gasteiger partial charge in [-0.25, -0.2) is 8.42 Å². The van der Waals surface area contributed by atoms with Gasteiger partial charge in [0.05, 0.1) is 17.7 Å². The smallest absolute Gasteiger partial charge is 0.264 e. The first-order valence-corrected chi connectivity index (χ1v) is 13.8. The van der Waals surface area contributed by atoms with E-state index in [2.05, 4.69) is 5.32 Å². The van der Waals surface area contributed by atoms with E-state index in [-0.39, 0.29) is 33.8 Å². The van der Waals surface area contributed by atoms with Gasteiger partial charge in [-0.15, -0.1) is 0 Å². The second-order valence-corrected chi connectivity index (χ2v) is 11.2. The number of carbonyl (C=O) groups is 2. The van der Waals surface area contributed by atoms with E-state index in [9.17, 15) is 18.0 Å². The molecule has 38 heavy (non-hydrogen) atoms. The summed E-state index contributed by atoms with van der Waals surface area (Å²) < 4.78 is 34.2. The van der Waals surface area contributed by atoms with Gasteiger partial charge in [0.25, 0.3) is 10.0 Å². The minimum Gasteiger partial charge on any atom is -0.495 e. The summed E-state index contributed by atoms with van der Waals surface area (Å²) in [6, 6.07) is 17.6. The maximum absolute atomic E-state index is 13.9. The van der Waals surface area contributed by atoms with E-state index in [4.69, 9.17) is 16.3 Å². The van der Waals surface area contributed by atoms with Crippen LogP contribution < -0.4 is 14.4 Å². The van der Waals surface area contributed by atoms with E-state index in [0.717, 1.165) is 21.0 Å². The molecular formula is C28H32ClN3O5S. The number of anilines is 1. The molecule has 0 unspecified atom stereocenters. The maximum Gasteiger partial charge on any atom is 0.264 e. The molecule has 0 radical (unpaired) electrons. The summed E-state index contributed by atoms with van der Waals surface area (Å²) in [7, 11) is -1.34. The highest BCUT2D eigenvalue weighted by Crippen LogP contribution is 2.35. The first kappa shape index (κ1) is 29.0. The molecule has 3 aromatic carbocycles. The Morgan fingerprint density at radius 1 is 0.974 bits per heavy atom. The van der Waals surface area contributed by atoms with Gasteiger partial charge in [-0.2, -0.15) is 0 Å². The Labute approximate surface area is 229 Å². The molecule has 0 saturated carbocycles. The second kappa shape index (κ2) is 12.3. The number of methoxy groups -OCH3 is 1. The van der Waals surface area contributed by atoms with Crippen LogP contribution >= 0.6 is 11.6 Å². The van der Waals surface area contributed by atoms with Crippen molar-refractivity contribution in [3.63, 3.8) is 0 Å². The molecular weight excluding hydrogens is 526 g/mol. The normalized spacial score (nSPS) is 11.9. The van der Waals surface area contributed by atoms with Crippen LogP contribution in [-0.4, -0.2) is 51.9 Å². The summed E-state index contributed by atoms with van der Waals surface area (Å²) in [5.41, 5.74) is 2.84. The number of aryl methyl sites for hydroxylation is 2. The monoisotopic (exact) mass is 557 g/mol. The molecule has 0 heterocycles. The molecule has 0 fully saturated rings. The Hall–Kier alpha value is -3.56. The van der Waals surface area contributed by atoms with Crippen molar-refractivity contribution >= 4 is 39.1 Å². The number of sulfonamides is 1. The van der Waals surface area contributed by atoms with Crippen molar-refractivity contribution in [3.05, 3.63) is 88.4 Å². The molecule has 0 aliphatic rings. The fourth-order valence-electron chi connectivity index (χ4n) is 3.89. The molecule has 0 bridgehead atoms. The van der Waals surface area contributed by atoms with Crippen LogP contribution in [0.15, 0.2) is 71.6 Å². The van der Waals surface area contributed by atoms with E-state index in [1.165, 1.54) is 43.3 Å². The van der Waals surface area contributed by atoms with Crippen molar-refractivity contribution in [3.8, 4) is 5.75 Å². The zero-order chi connectivity index (χ0) is 28.0. The average molecular weight is 558 g/mol. The third-order valence-corrected chi connectivity index (χ3v) is 8.19. The predicted molar refractivity (Wildman–Crippen MR) is 149 cm³/mol. The fourth-order valence-corrected chi connectivity index (χ4v) is 5.47. The maximum atomic E-state index is 13.9. The zero-order valence-corrected chi connectivity index (χ0v) is 23.6. The third-order valence-electron chi connectivity index (χ3n) is 6.18. The number of hydrogen-bond acceptors (Lipinski definition) is 5. The summed E-state index contributed by atoms with van der Waals surface area (Å²) in [5, 5.41) is 2.84. The van der Waals surface area contributed by atoms with Crippen molar-refractivity contribution in [1.82, 2.24) is 10.2 Å². The number of likely N-dealkylation sites (N-methyl/N-ethyl adjacent to an activating group) is 1. The van der Waals surface area contributed by atoms with Crippen LogP contribution in [0.2, 0.25) is 5.02 Å². The lowest BCUT2D eigenvalue weighted by molar-refractivity contribution is -0.139. The topological polar surface area (TPSA) is 96.0 Å². The largest absolute Gasteiger partial charge is 0.495 e. The Morgan fingerprint density at radius 3 is 2.11 bits per heavy atom. The quantitative estimate of drug-likeness (QED) is 0.400. The lowest BCUT2D eigenvalue weighted by atomic mass is 10.1. The van der Waals surface area contributed by atoms with Crippen LogP contribution in [0.1, 0.15) is 23.6 Å². The SMILES string of the molecule is CNC(=O)[C@@H](C)N(Cc1ccc(C)cc1)C(=O)CN(c1cc(Cl)ccc1OC)S(=O)(=O)c1ccc(C)cc1. The molecule has 0 aromatic heterocycles. The Bertz CT molecular complexity index is 1390. The zero-order valence-electron chi connectivity index (χ0n) is 22.1. The molecule has 8 nitrogen and oxygen atoms in total. The van der Waals surface area contributed by atoms with Gasteiger partial charge in [0.2, 0.25) is 11.8 Å². The summed E-state index contributed by atoms with van der Waals surface area (Å²) in [6.07, 6.45) is 0. The molecule has 0 aliphatic heterocycles. The lowest BCUT2D eigenvalue weighted by Gasteiger charge is -2.32. The highest BCUT2D eigenvalue weighted by atomic mass is 35.5. The van der Waals surface area contributed by atoms with Crippen molar-refractivity contribution in [1.29, 1.82) is 0 Å². The molecule has 3 rings (SSSR count). The molecule has 202 valence electrons. The first-order valence-electron chi connectivity index (χ1n) is 12.0. The number of rotatable bonds is 10. The standard InChI is InChI=1S/C28H32ClN3O5S/c1-19-6-10-22(11-7-19)17-31(21(3)28(34)30-4)27(33)18-32(25-16-23(29)12-15-26(25)37-5)38(35,36)24-13-8-20(2)9-14-24/h6-16,21H,17-18H2,1-5H3,(H,30,34)/t21-/m1/s1. The van der Waals surface area contributed by atoms with Gasteiger partial charge in [0.15, 0.2) is 0 Å². The number of carbonyl (C=O) groups excluding carboxylic acids is 2. The highest BCUT2D eigenvalue weighted by Gasteiger charge is 2.33. The molecule has 1 atom stereocenters. The van der Waals surface area contributed by atoms with Crippen LogP contribution in [0.5, 0.6) is 5.75 Å². The van der Waals surface area contributed by atoms with Gasteiger partial charge in [0, 0.05) is 18.6 Å². The predicted octanol–water partition coefficient (Wildman–Crippen LogP) is 4.32. The fraction of sp³-hybridized carbons (Fsp3) is 0.286. The summed E-state index contributed by atoms with van der Waals surface area (Å²) in [4.78, 5) is 27.8. The number of nitrogens with zero attached hydrogens (tertiary/aromatic N) is 2. The van der Waals surface area contributed by atoms with E-state index in [0.29, 0.717) is 0 Å². The van der Waals surface area contributed by atoms with Crippen molar-refractivity contribution in [2.24, 2.45) is 0 Å². The van der Waals surface area contributed by atoms with E-state index < -0.39 is 28.5 Å². The summed E-state index contributed by atoms with van der Waals surface area (Å²) in [5.74, 6) is -0.722. The lowest BCUT2D eigenvalue weighted by Crippen LogP contribution is -2.50. The number of amides is 2. The minimum atomic E-state index is -4.23. The van der Waals surface area contributed by atoms with Crippen LogP contribution in [0.3, 0.4) is 0 Å². The van der Waals surface area contributed by atoms with Gasteiger partial charge in [-0.1, -0.05) is 59.1 Å². The van der Waals surface area contributed by atoms with Gasteiger partial charge < -0.3 is 15.0 Å². The second-order valence-electron chi connectivity index (χ2n) is 8.94. The van der Waals surface area contributed by atoms with Crippen molar-refractivity contribution < 1.29 is 22.7 Å². The molecule has 3 aromatic rings. The molecule has 2 amide bonds. The number of hydrogen-bond donors (Lipinski definition) is 1. The van der Waals surface area contributed by atoms with Gasteiger partial charge in [-0.05, 0) is 56.7 Å². The highest BCUT2D eigenvalue weighted by molar-refractivity contribution is 7.92. The number of benzene rings is 3. The first-order chi connectivity index (χ1) is 18.0. The number of nitrogens with one attached hydrogen (secondary N) is 1.